The van der Waals surface area contributed by atoms with Crippen LogP contribution >= 0.6 is 0 Å². The summed E-state index contributed by atoms with van der Waals surface area (Å²) in [6.07, 6.45) is 0.163. The number of carbonyl (C=O) groups excluding carboxylic acids is 2. The molecule has 35 heavy (non-hydrogen) atoms. The first-order chi connectivity index (χ1) is 16.9. The molecule has 0 fully saturated rings. The van der Waals surface area contributed by atoms with Crippen LogP contribution in [0.2, 0.25) is 0 Å². The fourth-order valence-corrected chi connectivity index (χ4v) is 3.81. The summed E-state index contributed by atoms with van der Waals surface area (Å²) in [6, 6.07) is 23.1. The maximum atomic E-state index is 13.1. The summed E-state index contributed by atoms with van der Waals surface area (Å²) in [6.45, 7) is 1.77. The highest BCUT2D eigenvalue weighted by molar-refractivity contribution is 6.05. The number of anilines is 2. The molecule has 0 aliphatic heterocycles. The van der Waals surface area contributed by atoms with Crippen LogP contribution in [0.5, 0.6) is 5.75 Å². The molecule has 2 amide bonds. The Morgan fingerprint density at radius 2 is 1.66 bits per heavy atom. The van der Waals surface area contributed by atoms with Gasteiger partial charge in [0.25, 0.3) is 11.5 Å². The van der Waals surface area contributed by atoms with E-state index in [1.807, 2.05) is 48.5 Å². The van der Waals surface area contributed by atoms with Gasteiger partial charge in [0.2, 0.25) is 5.91 Å². The number of aromatic nitrogens is 2. The molecule has 0 radical (unpaired) electrons. The highest BCUT2D eigenvalue weighted by atomic mass is 16.5. The molecule has 0 saturated carbocycles. The van der Waals surface area contributed by atoms with Gasteiger partial charge in [-0.15, -0.1) is 0 Å². The van der Waals surface area contributed by atoms with Crippen molar-refractivity contribution in [2.45, 2.75) is 13.3 Å². The molecule has 8 heteroatoms. The monoisotopic (exact) mass is 470 g/mol. The minimum absolute atomic E-state index is 0.163. The highest BCUT2D eigenvalue weighted by Crippen LogP contribution is 2.18. The van der Waals surface area contributed by atoms with E-state index in [-0.39, 0.29) is 23.6 Å². The van der Waals surface area contributed by atoms with Crippen molar-refractivity contribution in [3.8, 4) is 11.4 Å². The maximum absolute atomic E-state index is 13.1. The van der Waals surface area contributed by atoms with Crippen molar-refractivity contribution in [2.75, 3.05) is 17.7 Å². The predicted molar refractivity (Wildman–Crippen MR) is 135 cm³/mol. The van der Waals surface area contributed by atoms with Crippen LogP contribution in [-0.4, -0.2) is 28.3 Å². The topological polar surface area (TPSA) is 94.4 Å². The molecule has 1 aromatic heterocycles. The van der Waals surface area contributed by atoms with Crippen molar-refractivity contribution in [1.29, 1.82) is 0 Å². The van der Waals surface area contributed by atoms with Gasteiger partial charge in [-0.05, 0) is 55.0 Å². The summed E-state index contributed by atoms with van der Waals surface area (Å²) in [4.78, 5) is 38.6. The van der Waals surface area contributed by atoms with Gasteiger partial charge < -0.3 is 15.4 Å². The number of para-hydroxylation sites is 1. The fourth-order valence-electron chi connectivity index (χ4n) is 3.81. The summed E-state index contributed by atoms with van der Waals surface area (Å²) in [7, 11) is 3.33. The van der Waals surface area contributed by atoms with Gasteiger partial charge in [-0.3, -0.25) is 19.1 Å². The third kappa shape index (κ3) is 5.16. The number of benzene rings is 3. The molecule has 2 N–H and O–H groups in total. The lowest BCUT2D eigenvalue weighted by Crippen LogP contribution is -2.23. The number of hydrogen-bond acceptors (Lipinski definition) is 4. The fraction of sp³-hybridized carbons (Fsp3) is 0.148. The lowest BCUT2D eigenvalue weighted by atomic mass is 10.1. The lowest BCUT2D eigenvalue weighted by Gasteiger charge is -2.09. The van der Waals surface area contributed by atoms with E-state index in [1.165, 1.54) is 4.68 Å². The standard InChI is InChI=1S/C27H26N4O4/c1-18-25(27(34)31(30(18)2)22-12-5-4-6-13-22)29-26(33)20-10-8-11-21(17-20)28-24(32)16-19-9-7-14-23(15-19)35-3/h4-15,17H,16H2,1-3H3,(H,28,32)(H,29,33). The molecule has 0 aliphatic rings. The summed E-state index contributed by atoms with van der Waals surface area (Å²) >= 11 is 0. The molecule has 4 aromatic rings. The second-order valence-corrected chi connectivity index (χ2v) is 8.05. The summed E-state index contributed by atoms with van der Waals surface area (Å²) in [5.74, 6) is 0.0110. The molecule has 0 spiro atoms. The van der Waals surface area contributed by atoms with Crippen molar-refractivity contribution in [1.82, 2.24) is 9.36 Å². The molecule has 178 valence electrons. The Bertz CT molecular complexity index is 1440. The average molecular weight is 471 g/mol. The Kier molecular flexibility index (Phi) is 6.82. The minimum Gasteiger partial charge on any atom is -0.497 e. The second-order valence-electron chi connectivity index (χ2n) is 8.05. The van der Waals surface area contributed by atoms with Crippen molar-refractivity contribution >= 4 is 23.2 Å². The van der Waals surface area contributed by atoms with Gasteiger partial charge in [0, 0.05) is 18.3 Å². The number of rotatable bonds is 7. The Balaban J connectivity index is 1.50. The first kappa shape index (κ1) is 23.6. The van der Waals surface area contributed by atoms with Crippen molar-refractivity contribution in [3.63, 3.8) is 0 Å². The molecule has 0 bridgehead atoms. The van der Waals surface area contributed by atoms with Gasteiger partial charge in [-0.1, -0.05) is 36.4 Å². The number of methoxy groups -OCH3 is 1. The molecular weight excluding hydrogens is 444 g/mol. The Morgan fingerprint density at radius 1 is 0.914 bits per heavy atom. The summed E-state index contributed by atoms with van der Waals surface area (Å²) in [5, 5.41) is 5.55. The van der Waals surface area contributed by atoms with Gasteiger partial charge >= 0.3 is 0 Å². The van der Waals surface area contributed by atoms with Crippen LogP contribution in [0, 0.1) is 6.92 Å². The number of nitrogens with one attached hydrogen (secondary N) is 2. The molecule has 4 rings (SSSR count). The maximum Gasteiger partial charge on any atom is 0.295 e. The molecule has 0 atom stereocenters. The van der Waals surface area contributed by atoms with E-state index in [2.05, 4.69) is 10.6 Å². The van der Waals surface area contributed by atoms with E-state index in [4.69, 9.17) is 4.74 Å². The number of nitrogens with zero attached hydrogens (tertiary/aromatic N) is 2. The minimum atomic E-state index is -0.445. The number of hydrogen-bond donors (Lipinski definition) is 2. The summed E-state index contributed by atoms with van der Waals surface area (Å²) in [5.41, 5.74) is 2.81. The Hall–Kier alpha value is -4.59. The van der Waals surface area contributed by atoms with Crippen LogP contribution in [0.3, 0.4) is 0 Å². The quantitative estimate of drug-likeness (QED) is 0.428. The normalized spacial score (nSPS) is 10.6. The van der Waals surface area contributed by atoms with Gasteiger partial charge in [0.15, 0.2) is 0 Å². The van der Waals surface area contributed by atoms with E-state index < -0.39 is 5.91 Å². The van der Waals surface area contributed by atoms with E-state index in [0.29, 0.717) is 28.4 Å². The average Bonchev–Trinajstić information content (AvgIpc) is 3.07. The number of carbonyl (C=O) groups is 2. The SMILES string of the molecule is COc1cccc(CC(=O)Nc2cccc(C(=O)Nc3c(C)n(C)n(-c4ccccc4)c3=O)c2)c1. The largest absolute Gasteiger partial charge is 0.497 e. The Labute approximate surface area is 202 Å². The third-order valence-electron chi connectivity index (χ3n) is 5.70. The molecule has 0 saturated heterocycles. The van der Waals surface area contributed by atoms with E-state index in [1.54, 1.807) is 56.1 Å². The van der Waals surface area contributed by atoms with Crippen LogP contribution < -0.4 is 20.9 Å². The molecular formula is C27H26N4O4. The molecule has 0 aliphatic carbocycles. The zero-order chi connectivity index (χ0) is 24.9. The number of amides is 2. The van der Waals surface area contributed by atoms with E-state index in [9.17, 15) is 14.4 Å². The van der Waals surface area contributed by atoms with Crippen LogP contribution in [0.4, 0.5) is 11.4 Å². The summed E-state index contributed by atoms with van der Waals surface area (Å²) < 4.78 is 8.39. The van der Waals surface area contributed by atoms with Crippen molar-refractivity contribution < 1.29 is 14.3 Å². The Morgan fingerprint density at radius 3 is 2.40 bits per heavy atom. The predicted octanol–water partition coefficient (Wildman–Crippen LogP) is 3.93. The van der Waals surface area contributed by atoms with Gasteiger partial charge in [-0.2, -0.15) is 0 Å². The lowest BCUT2D eigenvalue weighted by molar-refractivity contribution is -0.115. The van der Waals surface area contributed by atoms with Gasteiger partial charge in [-0.25, -0.2) is 4.68 Å². The van der Waals surface area contributed by atoms with Gasteiger partial charge in [0.1, 0.15) is 11.4 Å². The van der Waals surface area contributed by atoms with Crippen LogP contribution in [0.25, 0.3) is 5.69 Å². The number of ether oxygens (including phenoxy) is 1. The van der Waals surface area contributed by atoms with Crippen molar-refractivity contribution in [2.24, 2.45) is 7.05 Å². The second kappa shape index (κ2) is 10.1. The van der Waals surface area contributed by atoms with Gasteiger partial charge in [0.05, 0.1) is 24.9 Å². The molecule has 1 heterocycles. The zero-order valence-corrected chi connectivity index (χ0v) is 19.7. The third-order valence-corrected chi connectivity index (χ3v) is 5.70. The molecule has 0 unspecified atom stereocenters. The van der Waals surface area contributed by atoms with Crippen LogP contribution in [-0.2, 0) is 18.3 Å². The smallest absolute Gasteiger partial charge is 0.295 e. The molecule has 8 nitrogen and oxygen atoms in total. The highest BCUT2D eigenvalue weighted by Gasteiger charge is 2.19. The van der Waals surface area contributed by atoms with E-state index >= 15 is 0 Å². The van der Waals surface area contributed by atoms with Crippen molar-refractivity contribution in [3.05, 3.63) is 106 Å². The first-order valence-corrected chi connectivity index (χ1v) is 11.1. The van der Waals surface area contributed by atoms with Crippen LogP contribution in [0.1, 0.15) is 21.6 Å². The zero-order valence-electron chi connectivity index (χ0n) is 19.7. The van der Waals surface area contributed by atoms with Crippen LogP contribution in [0.15, 0.2) is 83.7 Å². The molecule has 3 aromatic carbocycles. The first-order valence-electron chi connectivity index (χ1n) is 11.1. The van der Waals surface area contributed by atoms with E-state index in [0.717, 1.165) is 5.56 Å².